The maximum atomic E-state index is 7.04. The summed E-state index contributed by atoms with van der Waals surface area (Å²) < 4.78 is 4.78. The molecule has 0 atom stereocenters. The average Bonchev–Trinajstić information content (AvgIpc) is 1.63. The monoisotopic (exact) mass is 128 g/mol. The van der Waals surface area contributed by atoms with Crippen molar-refractivity contribution >= 4 is 5.90 Å². The quantitative estimate of drug-likeness (QED) is 0.428. The lowest BCUT2D eigenvalue weighted by Gasteiger charge is -1.97. The van der Waals surface area contributed by atoms with Crippen LogP contribution in [0, 0.1) is 5.41 Å². The molecule has 0 amide bonds. The van der Waals surface area contributed by atoms with Crippen molar-refractivity contribution in [2.45, 2.75) is 13.8 Å². The third kappa shape index (κ3) is 4.87. The van der Waals surface area contributed by atoms with Crippen molar-refractivity contribution in [1.82, 2.24) is 0 Å². The van der Waals surface area contributed by atoms with Gasteiger partial charge in [-0.25, -0.2) is 0 Å². The summed E-state index contributed by atoms with van der Waals surface area (Å²) in [5, 5.41) is 7.04. The minimum Gasteiger partial charge on any atom is -0.478 e. The molecule has 0 aromatic heterocycles. The normalized spacial score (nSPS) is 11.1. The van der Waals surface area contributed by atoms with Gasteiger partial charge in [-0.1, -0.05) is 0 Å². The Kier molecular flexibility index (Phi) is 3.51. The molecule has 52 valence electrons. The summed E-state index contributed by atoms with van der Waals surface area (Å²) in [7, 11) is 0. The van der Waals surface area contributed by atoms with E-state index in [0.717, 1.165) is 0 Å². The van der Waals surface area contributed by atoms with Crippen molar-refractivity contribution in [3.05, 3.63) is 11.8 Å². The second-order valence-corrected chi connectivity index (χ2v) is 1.69. The fourth-order valence-electron chi connectivity index (χ4n) is 0.404. The molecule has 0 spiro atoms. The molecule has 0 radical (unpaired) electrons. The average molecular weight is 128 g/mol. The third-order valence-electron chi connectivity index (χ3n) is 0.659. The van der Waals surface area contributed by atoms with Crippen LogP contribution in [0.5, 0.6) is 0 Å². The molecule has 0 saturated carbocycles. The first-order valence-electron chi connectivity index (χ1n) is 2.82. The van der Waals surface area contributed by atoms with Crippen LogP contribution in [0.3, 0.4) is 0 Å². The minimum atomic E-state index is 0.123. The third-order valence-corrected chi connectivity index (χ3v) is 0.659. The molecule has 0 aliphatic heterocycles. The maximum Gasteiger partial charge on any atom is 0.207 e. The molecule has 3 heteroatoms. The highest BCUT2D eigenvalue weighted by atomic mass is 16.5. The van der Waals surface area contributed by atoms with Crippen molar-refractivity contribution in [3.63, 3.8) is 0 Å². The molecule has 0 aliphatic carbocycles. The van der Waals surface area contributed by atoms with E-state index in [1.807, 2.05) is 6.92 Å². The zero-order valence-corrected chi connectivity index (χ0v) is 5.77. The standard InChI is InChI=1S/C6H12N2O/c1-3-9-6(8)4-5(2)7/h4,8H,3,7H2,1-2H3. The number of rotatable bonds is 2. The lowest BCUT2D eigenvalue weighted by Crippen LogP contribution is -2.02. The molecule has 0 heterocycles. The van der Waals surface area contributed by atoms with Gasteiger partial charge in [-0.2, -0.15) is 0 Å². The van der Waals surface area contributed by atoms with Gasteiger partial charge in [0.15, 0.2) is 0 Å². The van der Waals surface area contributed by atoms with Crippen LogP contribution in [-0.2, 0) is 4.74 Å². The highest BCUT2D eigenvalue weighted by molar-refractivity contribution is 5.85. The molecule has 3 nitrogen and oxygen atoms in total. The van der Waals surface area contributed by atoms with Crippen LogP contribution < -0.4 is 5.73 Å². The van der Waals surface area contributed by atoms with E-state index in [-0.39, 0.29) is 5.90 Å². The lowest BCUT2D eigenvalue weighted by atomic mass is 10.4. The fraction of sp³-hybridized carbons (Fsp3) is 0.500. The van der Waals surface area contributed by atoms with Gasteiger partial charge in [0.05, 0.1) is 6.61 Å². The van der Waals surface area contributed by atoms with E-state index in [4.69, 9.17) is 15.9 Å². The van der Waals surface area contributed by atoms with Crippen molar-refractivity contribution < 1.29 is 4.74 Å². The van der Waals surface area contributed by atoms with Crippen LogP contribution in [0.4, 0.5) is 0 Å². The van der Waals surface area contributed by atoms with Crippen LogP contribution in [0.1, 0.15) is 13.8 Å². The Bertz CT molecular complexity index is 125. The van der Waals surface area contributed by atoms with E-state index in [0.29, 0.717) is 12.3 Å². The van der Waals surface area contributed by atoms with Crippen molar-refractivity contribution in [3.8, 4) is 0 Å². The first-order valence-corrected chi connectivity index (χ1v) is 2.82. The van der Waals surface area contributed by atoms with Gasteiger partial charge in [-0.3, -0.25) is 5.41 Å². The summed E-state index contributed by atoms with van der Waals surface area (Å²) in [5.41, 5.74) is 5.86. The van der Waals surface area contributed by atoms with Gasteiger partial charge in [0.25, 0.3) is 0 Å². The summed E-state index contributed by atoms with van der Waals surface area (Å²) in [5.74, 6) is 0.123. The number of hydrogen-bond donors (Lipinski definition) is 2. The Morgan fingerprint density at radius 3 is 2.67 bits per heavy atom. The first kappa shape index (κ1) is 8.01. The van der Waals surface area contributed by atoms with Gasteiger partial charge in [-0.15, -0.1) is 0 Å². The number of hydrogen-bond acceptors (Lipinski definition) is 3. The van der Waals surface area contributed by atoms with Crippen LogP contribution in [-0.4, -0.2) is 12.5 Å². The minimum absolute atomic E-state index is 0.123. The fourth-order valence-corrected chi connectivity index (χ4v) is 0.404. The van der Waals surface area contributed by atoms with E-state index in [9.17, 15) is 0 Å². The maximum absolute atomic E-state index is 7.04. The largest absolute Gasteiger partial charge is 0.478 e. The summed E-state index contributed by atoms with van der Waals surface area (Å²) in [6.45, 7) is 4.06. The second-order valence-electron chi connectivity index (χ2n) is 1.69. The molecule has 0 rings (SSSR count). The van der Waals surface area contributed by atoms with Crippen LogP contribution in [0.15, 0.2) is 11.8 Å². The Morgan fingerprint density at radius 2 is 2.33 bits per heavy atom. The van der Waals surface area contributed by atoms with E-state index < -0.39 is 0 Å². The zero-order chi connectivity index (χ0) is 7.28. The molecule has 0 aromatic rings. The van der Waals surface area contributed by atoms with Gasteiger partial charge < -0.3 is 10.5 Å². The Hall–Kier alpha value is -0.990. The van der Waals surface area contributed by atoms with Gasteiger partial charge in [0.1, 0.15) is 0 Å². The summed E-state index contributed by atoms with van der Waals surface area (Å²) >= 11 is 0. The molecule has 0 fully saturated rings. The Balaban J connectivity index is 3.63. The van der Waals surface area contributed by atoms with Crippen LogP contribution >= 0.6 is 0 Å². The van der Waals surface area contributed by atoms with Crippen molar-refractivity contribution in [2.75, 3.05) is 6.61 Å². The number of nitrogens with two attached hydrogens (primary N) is 1. The van der Waals surface area contributed by atoms with E-state index in [2.05, 4.69) is 0 Å². The molecule has 0 bridgehead atoms. The Morgan fingerprint density at radius 1 is 1.78 bits per heavy atom. The van der Waals surface area contributed by atoms with Gasteiger partial charge >= 0.3 is 0 Å². The van der Waals surface area contributed by atoms with Gasteiger partial charge in [-0.05, 0) is 13.8 Å². The SMILES string of the molecule is CCOC(=N)C=C(C)N. The predicted molar refractivity (Wildman–Crippen MR) is 37.3 cm³/mol. The number of ether oxygens (including phenoxy) is 1. The first-order chi connectivity index (χ1) is 4.16. The van der Waals surface area contributed by atoms with E-state index in [1.54, 1.807) is 6.92 Å². The molecular weight excluding hydrogens is 116 g/mol. The van der Waals surface area contributed by atoms with Gasteiger partial charge in [0.2, 0.25) is 5.90 Å². The molecule has 0 unspecified atom stereocenters. The molecule has 0 aromatic carbocycles. The topological polar surface area (TPSA) is 59.1 Å². The Labute approximate surface area is 55.0 Å². The number of allylic oxidation sites excluding steroid dienone is 1. The van der Waals surface area contributed by atoms with Crippen molar-refractivity contribution in [1.29, 1.82) is 5.41 Å². The molecule has 9 heavy (non-hydrogen) atoms. The molecule has 0 saturated heterocycles. The molecule has 0 aliphatic rings. The van der Waals surface area contributed by atoms with Crippen molar-refractivity contribution in [2.24, 2.45) is 5.73 Å². The summed E-state index contributed by atoms with van der Waals surface area (Å²) in [4.78, 5) is 0. The predicted octanol–water partition coefficient (Wildman–Crippen LogP) is 0.863. The molecular formula is C6H12N2O. The second kappa shape index (κ2) is 3.95. The number of nitrogens with one attached hydrogen (secondary N) is 1. The molecule has 3 N–H and O–H groups in total. The van der Waals surface area contributed by atoms with Gasteiger partial charge in [0, 0.05) is 11.8 Å². The highest BCUT2D eigenvalue weighted by Crippen LogP contribution is 1.84. The van der Waals surface area contributed by atoms with E-state index >= 15 is 0 Å². The smallest absolute Gasteiger partial charge is 0.207 e. The van der Waals surface area contributed by atoms with Crippen LogP contribution in [0.25, 0.3) is 0 Å². The lowest BCUT2D eigenvalue weighted by molar-refractivity contribution is 0.327. The highest BCUT2D eigenvalue weighted by Gasteiger charge is 1.87. The summed E-state index contributed by atoms with van der Waals surface area (Å²) in [6, 6.07) is 0. The summed E-state index contributed by atoms with van der Waals surface area (Å²) in [6.07, 6.45) is 1.48. The zero-order valence-electron chi connectivity index (χ0n) is 5.77. The van der Waals surface area contributed by atoms with E-state index in [1.165, 1.54) is 6.08 Å². The van der Waals surface area contributed by atoms with Crippen LogP contribution in [0.2, 0.25) is 0 Å².